The van der Waals surface area contributed by atoms with Crippen LogP contribution < -0.4 is 0 Å². The van der Waals surface area contributed by atoms with Gasteiger partial charge in [0.1, 0.15) is 5.82 Å². The molecule has 1 aromatic carbocycles. The minimum atomic E-state index is -0.302. The van der Waals surface area contributed by atoms with Gasteiger partial charge in [0, 0.05) is 18.0 Å². The van der Waals surface area contributed by atoms with Crippen LogP contribution in [-0.4, -0.2) is 22.5 Å². The number of carbonyl (C=O) groups excluding carboxylic acids is 1. The van der Waals surface area contributed by atoms with Gasteiger partial charge in [-0.15, -0.1) is 0 Å². The lowest BCUT2D eigenvalue weighted by Crippen LogP contribution is -2.04. The number of carbonyl (C=O) groups is 1. The summed E-state index contributed by atoms with van der Waals surface area (Å²) in [4.78, 5) is 19.8. The number of ether oxygens (including phenoxy) is 1. The number of esters is 1. The Bertz CT molecular complexity index is 533. The Morgan fingerprint density at radius 2 is 1.72 bits per heavy atom. The SMILES string of the molecule is CCOC(=O)c1ccc(-c2cnc(C)nc2)cc1. The number of rotatable bonds is 3. The fourth-order valence-electron chi connectivity index (χ4n) is 1.55. The van der Waals surface area contributed by atoms with Crippen LogP contribution in [0.1, 0.15) is 23.1 Å². The van der Waals surface area contributed by atoms with Crippen molar-refractivity contribution in [2.75, 3.05) is 6.61 Å². The van der Waals surface area contributed by atoms with Crippen molar-refractivity contribution < 1.29 is 9.53 Å². The van der Waals surface area contributed by atoms with Gasteiger partial charge in [-0.1, -0.05) is 12.1 Å². The molecule has 0 atom stereocenters. The molecule has 2 rings (SSSR count). The minimum Gasteiger partial charge on any atom is -0.462 e. The predicted octanol–water partition coefficient (Wildman–Crippen LogP) is 2.63. The molecule has 0 spiro atoms. The quantitative estimate of drug-likeness (QED) is 0.776. The summed E-state index contributed by atoms with van der Waals surface area (Å²) in [5.41, 5.74) is 2.45. The van der Waals surface area contributed by atoms with E-state index in [2.05, 4.69) is 9.97 Å². The smallest absolute Gasteiger partial charge is 0.338 e. The lowest BCUT2D eigenvalue weighted by Gasteiger charge is -2.04. The molecule has 4 nitrogen and oxygen atoms in total. The van der Waals surface area contributed by atoms with Gasteiger partial charge in [-0.3, -0.25) is 0 Å². The largest absolute Gasteiger partial charge is 0.462 e. The van der Waals surface area contributed by atoms with Crippen molar-refractivity contribution >= 4 is 5.97 Å². The van der Waals surface area contributed by atoms with E-state index in [9.17, 15) is 4.79 Å². The van der Waals surface area contributed by atoms with Gasteiger partial charge in [0.25, 0.3) is 0 Å². The molecule has 0 aliphatic carbocycles. The summed E-state index contributed by atoms with van der Waals surface area (Å²) < 4.78 is 4.93. The lowest BCUT2D eigenvalue weighted by molar-refractivity contribution is 0.0526. The van der Waals surface area contributed by atoms with Gasteiger partial charge in [-0.05, 0) is 31.5 Å². The second-order valence-corrected chi connectivity index (χ2v) is 3.82. The maximum Gasteiger partial charge on any atom is 0.338 e. The highest BCUT2D eigenvalue weighted by atomic mass is 16.5. The van der Waals surface area contributed by atoms with Crippen LogP contribution in [0.4, 0.5) is 0 Å². The number of nitrogens with zero attached hydrogens (tertiary/aromatic N) is 2. The van der Waals surface area contributed by atoms with Gasteiger partial charge < -0.3 is 4.74 Å². The topological polar surface area (TPSA) is 52.1 Å². The molecule has 0 aliphatic rings. The van der Waals surface area contributed by atoms with Crippen molar-refractivity contribution in [1.82, 2.24) is 9.97 Å². The fourth-order valence-corrected chi connectivity index (χ4v) is 1.55. The number of benzene rings is 1. The predicted molar refractivity (Wildman–Crippen MR) is 68.2 cm³/mol. The summed E-state index contributed by atoms with van der Waals surface area (Å²) in [6, 6.07) is 7.21. The van der Waals surface area contributed by atoms with E-state index in [1.54, 1.807) is 31.5 Å². The first-order valence-electron chi connectivity index (χ1n) is 5.77. The molecule has 0 saturated heterocycles. The highest BCUT2D eigenvalue weighted by Gasteiger charge is 2.06. The fraction of sp³-hybridized carbons (Fsp3) is 0.214. The maximum absolute atomic E-state index is 11.5. The van der Waals surface area contributed by atoms with E-state index >= 15 is 0 Å². The average molecular weight is 242 g/mol. The summed E-state index contributed by atoms with van der Waals surface area (Å²) in [6.07, 6.45) is 3.53. The van der Waals surface area contributed by atoms with E-state index < -0.39 is 0 Å². The molecule has 0 N–H and O–H groups in total. The van der Waals surface area contributed by atoms with Crippen LogP contribution in [0.3, 0.4) is 0 Å². The van der Waals surface area contributed by atoms with E-state index in [0.29, 0.717) is 12.2 Å². The molecule has 0 fully saturated rings. The maximum atomic E-state index is 11.5. The first-order valence-corrected chi connectivity index (χ1v) is 5.77. The van der Waals surface area contributed by atoms with Crippen molar-refractivity contribution in [3.05, 3.63) is 48.0 Å². The van der Waals surface area contributed by atoms with Crippen molar-refractivity contribution in [2.45, 2.75) is 13.8 Å². The molecule has 0 unspecified atom stereocenters. The lowest BCUT2D eigenvalue weighted by atomic mass is 10.1. The Morgan fingerprint density at radius 3 is 2.28 bits per heavy atom. The zero-order valence-corrected chi connectivity index (χ0v) is 10.4. The molecular weight excluding hydrogens is 228 g/mol. The highest BCUT2D eigenvalue weighted by molar-refractivity contribution is 5.90. The molecule has 2 aromatic rings. The molecule has 4 heteroatoms. The zero-order valence-electron chi connectivity index (χ0n) is 10.4. The number of hydrogen-bond acceptors (Lipinski definition) is 4. The second kappa shape index (κ2) is 5.40. The Balaban J connectivity index is 2.22. The first-order chi connectivity index (χ1) is 8.70. The van der Waals surface area contributed by atoms with Crippen molar-refractivity contribution in [3.63, 3.8) is 0 Å². The van der Waals surface area contributed by atoms with Crippen LogP contribution in [0.15, 0.2) is 36.7 Å². The zero-order chi connectivity index (χ0) is 13.0. The Kier molecular flexibility index (Phi) is 3.67. The second-order valence-electron chi connectivity index (χ2n) is 3.82. The Hall–Kier alpha value is -2.23. The number of hydrogen-bond donors (Lipinski definition) is 0. The van der Waals surface area contributed by atoms with E-state index in [0.717, 1.165) is 17.0 Å². The molecule has 1 aromatic heterocycles. The molecule has 0 bridgehead atoms. The van der Waals surface area contributed by atoms with Crippen LogP contribution >= 0.6 is 0 Å². The summed E-state index contributed by atoms with van der Waals surface area (Å²) in [5, 5.41) is 0. The van der Waals surface area contributed by atoms with Crippen LogP contribution in [0, 0.1) is 6.92 Å². The summed E-state index contributed by atoms with van der Waals surface area (Å²) in [5.74, 6) is 0.436. The molecule has 18 heavy (non-hydrogen) atoms. The van der Waals surface area contributed by atoms with Gasteiger partial charge in [0.05, 0.1) is 12.2 Å². The average Bonchev–Trinajstić information content (AvgIpc) is 2.40. The number of aromatic nitrogens is 2. The van der Waals surface area contributed by atoms with E-state index in [4.69, 9.17) is 4.74 Å². The van der Waals surface area contributed by atoms with Gasteiger partial charge in [0.2, 0.25) is 0 Å². The molecule has 92 valence electrons. The molecule has 0 saturated carbocycles. The van der Waals surface area contributed by atoms with Gasteiger partial charge in [-0.25, -0.2) is 14.8 Å². The third-order valence-corrected chi connectivity index (χ3v) is 2.51. The van der Waals surface area contributed by atoms with Crippen LogP contribution in [-0.2, 0) is 4.74 Å². The first kappa shape index (κ1) is 12.2. The Morgan fingerprint density at radius 1 is 1.11 bits per heavy atom. The van der Waals surface area contributed by atoms with Gasteiger partial charge in [0.15, 0.2) is 0 Å². The monoisotopic (exact) mass is 242 g/mol. The summed E-state index contributed by atoms with van der Waals surface area (Å²) in [6.45, 7) is 4.01. The molecular formula is C14H14N2O2. The van der Waals surface area contributed by atoms with E-state index in [1.165, 1.54) is 0 Å². The summed E-state index contributed by atoms with van der Waals surface area (Å²) >= 11 is 0. The number of aryl methyl sites for hydroxylation is 1. The van der Waals surface area contributed by atoms with Gasteiger partial charge >= 0.3 is 5.97 Å². The summed E-state index contributed by atoms with van der Waals surface area (Å²) in [7, 11) is 0. The molecule has 1 heterocycles. The van der Waals surface area contributed by atoms with Crippen molar-refractivity contribution in [2.24, 2.45) is 0 Å². The molecule has 0 aliphatic heterocycles. The molecule has 0 amide bonds. The van der Waals surface area contributed by atoms with Crippen LogP contribution in [0.2, 0.25) is 0 Å². The van der Waals surface area contributed by atoms with Crippen LogP contribution in [0.5, 0.6) is 0 Å². The third kappa shape index (κ3) is 2.71. The van der Waals surface area contributed by atoms with E-state index in [1.807, 2.05) is 19.1 Å². The van der Waals surface area contributed by atoms with Gasteiger partial charge in [-0.2, -0.15) is 0 Å². The van der Waals surface area contributed by atoms with E-state index in [-0.39, 0.29) is 5.97 Å². The van der Waals surface area contributed by atoms with Crippen LogP contribution in [0.25, 0.3) is 11.1 Å². The third-order valence-electron chi connectivity index (χ3n) is 2.51. The Labute approximate surface area is 106 Å². The minimum absolute atomic E-state index is 0.302. The van der Waals surface area contributed by atoms with Crippen molar-refractivity contribution in [1.29, 1.82) is 0 Å². The highest BCUT2D eigenvalue weighted by Crippen LogP contribution is 2.18. The standard InChI is InChI=1S/C14H14N2O2/c1-3-18-14(17)12-6-4-11(5-7-12)13-8-15-10(2)16-9-13/h4-9H,3H2,1-2H3. The molecule has 0 radical (unpaired) electrons. The van der Waals surface area contributed by atoms with Crippen molar-refractivity contribution in [3.8, 4) is 11.1 Å². The normalized spacial score (nSPS) is 10.1.